The van der Waals surface area contributed by atoms with Crippen LogP contribution in [0.1, 0.15) is 45.4 Å². The molecule has 3 nitrogen and oxygen atoms in total. The van der Waals surface area contributed by atoms with E-state index >= 15 is 0 Å². The van der Waals surface area contributed by atoms with Gasteiger partial charge in [0.25, 0.3) is 20.0 Å². The minimum Gasteiger partial charge on any atom is -0.425 e. The molecule has 1 aliphatic rings. The smallest absolute Gasteiger partial charge is 0.316 e. The standard InChI is InChI=1S/C9H24O3Si3/c1-3-4-5-6-7-8-9-15(2)11-13-10-14-12-15/h3-9,13-14H2,1-2H3. The molecule has 0 radical (unpaired) electrons. The van der Waals surface area contributed by atoms with E-state index in [2.05, 4.69) is 13.5 Å². The Balaban J connectivity index is 1.98. The second-order valence-electron chi connectivity index (χ2n) is 4.38. The quantitative estimate of drug-likeness (QED) is 0.515. The Morgan fingerprint density at radius 1 is 0.933 bits per heavy atom. The van der Waals surface area contributed by atoms with Crippen LogP contribution in [0.5, 0.6) is 0 Å². The first-order valence-electron chi connectivity index (χ1n) is 6.12. The summed E-state index contributed by atoms with van der Waals surface area (Å²) in [6.45, 7) is 4.47. The lowest BCUT2D eigenvalue weighted by atomic mass is 10.1. The van der Waals surface area contributed by atoms with Crippen LogP contribution in [0.25, 0.3) is 0 Å². The van der Waals surface area contributed by atoms with Crippen molar-refractivity contribution in [2.45, 2.75) is 58.0 Å². The van der Waals surface area contributed by atoms with Crippen LogP contribution < -0.4 is 0 Å². The number of unbranched alkanes of at least 4 members (excludes halogenated alkanes) is 5. The minimum atomic E-state index is -1.71. The highest BCUT2D eigenvalue weighted by Crippen LogP contribution is 2.19. The summed E-state index contributed by atoms with van der Waals surface area (Å²) in [6, 6.07) is 1.18. The summed E-state index contributed by atoms with van der Waals surface area (Å²) in [6.07, 6.45) is 8.11. The van der Waals surface area contributed by atoms with Crippen LogP contribution in [0.15, 0.2) is 0 Å². The van der Waals surface area contributed by atoms with Crippen molar-refractivity contribution in [3.8, 4) is 0 Å². The fraction of sp³-hybridized carbons (Fsp3) is 1.00. The molecule has 1 saturated heterocycles. The Hall–Kier alpha value is 0.531. The van der Waals surface area contributed by atoms with E-state index in [9.17, 15) is 0 Å². The lowest BCUT2D eigenvalue weighted by Gasteiger charge is -2.31. The fourth-order valence-electron chi connectivity index (χ4n) is 1.78. The molecule has 0 aromatic heterocycles. The Morgan fingerprint density at radius 2 is 1.53 bits per heavy atom. The second-order valence-corrected chi connectivity index (χ2v) is 11.6. The lowest BCUT2D eigenvalue weighted by molar-refractivity contribution is 0.298. The number of rotatable bonds is 7. The summed E-state index contributed by atoms with van der Waals surface area (Å²) in [5.41, 5.74) is 0. The van der Waals surface area contributed by atoms with Crippen molar-refractivity contribution in [3.05, 3.63) is 0 Å². The summed E-state index contributed by atoms with van der Waals surface area (Å²) >= 11 is 0. The first-order chi connectivity index (χ1) is 7.27. The highest BCUT2D eigenvalue weighted by Gasteiger charge is 2.32. The zero-order valence-electron chi connectivity index (χ0n) is 10.1. The van der Waals surface area contributed by atoms with Crippen molar-refractivity contribution in [1.29, 1.82) is 0 Å². The molecule has 1 heterocycles. The summed E-state index contributed by atoms with van der Waals surface area (Å²) in [4.78, 5) is 0. The minimum absolute atomic E-state index is 0.645. The van der Waals surface area contributed by atoms with Crippen LogP contribution in [0.4, 0.5) is 0 Å². The molecule has 0 atom stereocenters. The second kappa shape index (κ2) is 7.75. The third-order valence-corrected chi connectivity index (χ3v) is 11.3. The van der Waals surface area contributed by atoms with Crippen molar-refractivity contribution < 1.29 is 12.3 Å². The van der Waals surface area contributed by atoms with Gasteiger partial charge >= 0.3 is 8.56 Å². The molecule has 1 fully saturated rings. The maximum atomic E-state index is 5.76. The van der Waals surface area contributed by atoms with Gasteiger partial charge in [-0.2, -0.15) is 0 Å². The third kappa shape index (κ3) is 5.98. The van der Waals surface area contributed by atoms with Crippen LogP contribution in [-0.2, 0) is 12.3 Å². The van der Waals surface area contributed by atoms with Crippen LogP contribution in [-0.4, -0.2) is 28.6 Å². The Morgan fingerprint density at radius 3 is 2.20 bits per heavy atom. The molecule has 0 spiro atoms. The first kappa shape index (κ1) is 13.6. The normalized spacial score (nSPS) is 30.0. The number of hydrogen-bond acceptors (Lipinski definition) is 3. The lowest BCUT2D eigenvalue weighted by Crippen LogP contribution is -2.46. The number of hydrogen-bond donors (Lipinski definition) is 0. The third-order valence-electron chi connectivity index (χ3n) is 2.88. The Bertz CT molecular complexity index is 163. The van der Waals surface area contributed by atoms with E-state index in [1.54, 1.807) is 0 Å². The molecule has 0 aromatic rings. The van der Waals surface area contributed by atoms with E-state index in [-0.39, 0.29) is 0 Å². The summed E-state index contributed by atoms with van der Waals surface area (Å²) in [5.74, 6) is 0. The summed E-state index contributed by atoms with van der Waals surface area (Å²) < 4.78 is 16.8. The molecule has 0 amide bonds. The zero-order chi connectivity index (χ0) is 11.0. The predicted molar refractivity (Wildman–Crippen MR) is 70.1 cm³/mol. The van der Waals surface area contributed by atoms with Gasteiger partial charge in [-0.25, -0.2) is 0 Å². The summed E-state index contributed by atoms with van der Waals surface area (Å²) in [5, 5.41) is 0. The van der Waals surface area contributed by atoms with E-state index in [0.29, 0.717) is 0 Å². The van der Waals surface area contributed by atoms with Crippen molar-refractivity contribution in [1.82, 2.24) is 0 Å². The highest BCUT2D eigenvalue weighted by molar-refractivity contribution is 6.75. The van der Waals surface area contributed by atoms with Gasteiger partial charge in [0.15, 0.2) is 0 Å². The predicted octanol–water partition coefficient (Wildman–Crippen LogP) is 1.48. The van der Waals surface area contributed by atoms with Gasteiger partial charge in [-0.3, -0.25) is 0 Å². The molecule has 0 aliphatic carbocycles. The van der Waals surface area contributed by atoms with Gasteiger partial charge in [0.2, 0.25) is 0 Å². The van der Waals surface area contributed by atoms with Crippen molar-refractivity contribution in [2.24, 2.45) is 0 Å². The van der Waals surface area contributed by atoms with Crippen LogP contribution >= 0.6 is 0 Å². The molecule has 1 aliphatic heterocycles. The Labute approximate surface area is 99.3 Å². The van der Waals surface area contributed by atoms with Gasteiger partial charge in [-0.15, -0.1) is 0 Å². The Kier molecular flexibility index (Phi) is 7.02. The van der Waals surface area contributed by atoms with Crippen LogP contribution in [0, 0.1) is 0 Å². The average molecular weight is 265 g/mol. The molecule has 0 aromatic carbocycles. The molecule has 15 heavy (non-hydrogen) atoms. The van der Waals surface area contributed by atoms with Crippen LogP contribution in [0.2, 0.25) is 12.6 Å². The van der Waals surface area contributed by atoms with Gasteiger partial charge in [0, 0.05) is 0 Å². The molecule has 6 heteroatoms. The molecule has 90 valence electrons. The van der Waals surface area contributed by atoms with Gasteiger partial charge in [0.05, 0.1) is 0 Å². The van der Waals surface area contributed by atoms with Gasteiger partial charge < -0.3 is 12.3 Å². The monoisotopic (exact) mass is 264 g/mol. The molecule has 0 bridgehead atoms. The molecule has 0 N–H and O–H groups in total. The molecule has 1 rings (SSSR count). The SMILES string of the molecule is CCCCCCCC[Si]1(C)O[SiH2]O[SiH2]O1. The average Bonchev–Trinajstić information content (AvgIpc) is 2.24. The fourth-order valence-corrected chi connectivity index (χ4v) is 9.34. The first-order valence-corrected chi connectivity index (χ1v) is 11.0. The van der Waals surface area contributed by atoms with Crippen LogP contribution in [0.3, 0.4) is 0 Å². The maximum absolute atomic E-state index is 5.76. The molecule has 0 unspecified atom stereocenters. The van der Waals surface area contributed by atoms with Crippen molar-refractivity contribution in [3.63, 3.8) is 0 Å². The van der Waals surface area contributed by atoms with E-state index in [0.717, 1.165) is 0 Å². The topological polar surface area (TPSA) is 27.7 Å². The van der Waals surface area contributed by atoms with Crippen molar-refractivity contribution in [2.75, 3.05) is 0 Å². The maximum Gasteiger partial charge on any atom is 0.316 e. The molecular weight excluding hydrogens is 240 g/mol. The van der Waals surface area contributed by atoms with E-state index in [1.165, 1.54) is 44.6 Å². The summed E-state index contributed by atoms with van der Waals surface area (Å²) in [7, 11) is -3.00. The van der Waals surface area contributed by atoms with E-state index < -0.39 is 28.6 Å². The van der Waals surface area contributed by atoms with Gasteiger partial charge in [-0.1, -0.05) is 45.4 Å². The highest BCUT2D eigenvalue weighted by atomic mass is 28.5. The van der Waals surface area contributed by atoms with Crippen molar-refractivity contribution >= 4 is 28.6 Å². The molecular formula is C9H24O3Si3. The van der Waals surface area contributed by atoms with Gasteiger partial charge in [-0.05, 0) is 12.6 Å². The van der Waals surface area contributed by atoms with Gasteiger partial charge in [0.1, 0.15) is 0 Å². The largest absolute Gasteiger partial charge is 0.425 e. The zero-order valence-corrected chi connectivity index (χ0v) is 13.9. The van der Waals surface area contributed by atoms with E-state index in [4.69, 9.17) is 12.3 Å². The van der Waals surface area contributed by atoms with E-state index in [1.807, 2.05) is 0 Å². The molecule has 0 saturated carbocycles.